The summed E-state index contributed by atoms with van der Waals surface area (Å²) in [6.07, 6.45) is 5.93. The van der Waals surface area contributed by atoms with Gasteiger partial charge in [0, 0.05) is 55.5 Å². The molecule has 1 aliphatic rings. The fourth-order valence-corrected chi connectivity index (χ4v) is 3.91. The van der Waals surface area contributed by atoms with Crippen molar-refractivity contribution >= 4 is 5.91 Å². The Morgan fingerprint density at radius 2 is 1.96 bits per heavy atom. The molecule has 0 spiro atoms. The third-order valence-electron chi connectivity index (χ3n) is 5.40. The predicted octanol–water partition coefficient (Wildman–Crippen LogP) is 3.03. The van der Waals surface area contributed by atoms with Crippen LogP contribution < -0.4 is 5.56 Å². The van der Waals surface area contributed by atoms with Crippen LogP contribution in [0.15, 0.2) is 65.7 Å². The minimum atomic E-state index is -0.0724. The summed E-state index contributed by atoms with van der Waals surface area (Å²) in [5.41, 5.74) is 3.27. The zero-order valence-electron chi connectivity index (χ0n) is 15.8. The van der Waals surface area contributed by atoms with E-state index in [1.807, 2.05) is 35.4 Å². The second-order valence-corrected chi connectivity index (χ2v) is 7.22. The number of hydrogen-bond donors (Lipinski definition) is 1. The van der Waals surface area contributed by atoms with Crippen molar-refractivity contribution in [1.29, 1.82) is 0 Å². The van der Waals surface area contributed by atoms with Gasteiger partial charge in [-0.2, -0.15) is 5.10 Å². The van der Waals surface area contributed by atoms with Gasteiger partial charge in [0.05, 0.1) is 6.20 Å². The maximum atomic E-state index is 12.7. The molecule has 1 N–H and O–H groups in total. The first-order chi connectivity index (χ1) is 13.7. The number of nitrogens with one attached hydrogen (secondary N) is 1. The molecular formula is C22H24N4O2. The van der Waals surface area contributed by atoms with E-state index in [0.29, 0.717) is 19.5 Å². The molecule has 3 heterocycles. The second kappa shape index (κ2) is 8.25. The number of aryl methyl sites for hydroxylation is 1. The predicted molar refractivity (Wildman–Crippen MR) is 108 cm³/mol. The van der Waals surface area contributed by atoms with Crippen molar-refractivity contribution in [3.63, 3.8) is 0 Å². The van der Waals surface area contributed by atoms with E-state index in [4.69, 9.17) is 0 Å². The molecule has 144 valence electrons. The lowest BCUT2D eigenvalue weighted by atomic mass is 9.90. The van der Waals surface area contributed by atoms with Crippen molar-refractivity contribution < 1.29 is 4.79 Å². The second-order valence-electron chi connectivity index (χ2n) is 7.22. The van der Waals surface area contributed by atoms with E-state index in [1.54, 1.807) is 16.8 Å². The van der Waals surface area contributed by atoms with Crippen molar-refractivity contribution in [1.82, 2.24) is 19.7 Å². The maximum absolute atomic E-state index is 12.7. The summed E-state index contributed by atoms with van der Waals surface area (Å²) < 4.78 is 1.59. The summed E-state index contributed by atoms with van der Waals surface area (Å²) in [5, 5.41) is 7.43. The summed E-state index contributed by atoms with van der Waals surface area (Å²) in [6.45, 7) is 1.87. The number of H-pyrrole nitrogens is 1. The average molecular weight is 376 g/mol. The van der Waals surface area contributed by atoms with Crippen LogP contribution in [0.2, 0.25) is 0 Å². The Morgan fingerprint density at radius 1 is 1.14 bits per heavy atom. The van der Waals surface area contributed by atoms with Crippen LogP contribution in [-0.4, -0.2) is 38.7 Å². The van der Waals surface area contributed by atoms with E-state index < -0.39 is 0 Å². The van der Waals surface area contributed by atoms with Crippen LogP contribution in [0, 0.1) is 0 Å². The van der Waals surface area contributed by atoms with Crippen LogP contribution in [0.5, 0.6) is 0 Å². The Hall–Kier alpha value is -3.15. The van der Waals surface area contributed by atoms with Gasteiger partial charge in [-0.1, -0.05) is 36.4 Å². The lowest BCUT2D eigenvalue weighted by molar-refractivity contribution is -0.132. The molecule has 0 bridgehead atoms. The molecule has 1 aliphatic heterocycles. The molecular weight excluding hydrogens is 352 g/mol. The largest absolute Gasteiger partial charge is 0.342 e. The van der Waals surface area contributed by atoms with Gasteiger partial charge in [0.2, 0.25) is 5.91 Å². The molecule has 0 unspecified atom stereocenters. The number of carbonyl (C=O) groups excluding carboxylic acids is 1. The SMILES string of the molecule is O=C(CCn1ccccc1=O)N1CCC[C@@H](c2[nH]ncc2-c2ccccc2)C1. The molecule has 0 radical (unpaired) electrons. The Bertz CT molecular complexity index is 993. The summed E-state index contributed by atoms with van der Waals surface area (Å²) in [5.74, 6) is 0.344. The highest BCUT2D eigenvalue weighted by Gasteiger charge is 2.27. The first-order valence-corrected chi connectivity index (χ1v) is 9.74. The standard InChI is InChI=1S/C22H24N4O2/c27-20-10-4-5-12-25(20)14-11-21(28)26-13-6-9-18(16-26)22-19(15-23-24-22)17-7-2-1-3-8-17/h1-5,7-8,10,12,15,18H,6,9,11,13-14,16H2,(H,23,24)/t18-/m1/s1. The molecule has 1 fully saturated rings. The number of hydrogen-bond acceptors (Lipinski definition) is 3. The number of likely N-dealkylation sites (tertiary alicyclic amines) is 1. The summed E-state index contributed by atoms with van der Waals surface area (Å²) in [7, 11) is 0. The third kappa shape index (κ3) is 3.91. The van der Waals surface area contributed by atoms with Gasteiger partial charge in [-0.15, -0.1) is 0 Å². The number of nitrogens with zero attached hydrogens (tertiary/aromatic N) is 3. The first kappa shape index (κ1) is 18.2. The summed E-state index contributed by atoms with van der Waals surface area (Å²) in [4.78, 5) is 26.5. The minimum Gasteiger partial charge on any atom is -0.342 e. The fraction of sp³-hybridized carbons (Fsp3) is 0.318. The van der Waals surface area contributed by atoms with Gasteiger partial charge < -0.3 is 9.47 Å². The molecule has 0 aliphatic carbocycles. The van der Waals surface area contributed by atoms with E-state index in [2.05, 4.69) is 22.3 Å². The number of rotatable bonds is 5. The van der Waals surface area contributed by atoms with Crippen LogP contribution >= 0.6 is 0 Å². The van der Waals surface area contributed by atoms with Crippen molar-refractivity contribution in [2.45, 2.75) is 31.7 Å². The molecule has 1 aromatic carbocycles. The minimum absolute atomic E-state index is 0.0724. The maximum Gasteiger partial charge on any atom is 0.250 e. The quantitative estimate of drug-likeness (QED) is 0.744. The topological polar surface area (TPSA) is 71.0 Å². The first-order valence-electron chi connectivity index (χ1n) is 9.74. The molecule has 1 atom stereocenters. The molecule has 2 aromatic heterocycles. The van der Waals surface area contributed by atoms with E-state index in [-0.39, 0.29) is 17.4 Å². The molecule has 28 heavy (non-hydrogen) atoms. The van der Waals surface area contributed by atoms with Gasteiger partial charge in [-0.3, -0.25) is 14.7 Å². The Labute approximate surface area is 163 Å². The number of piperidine rings is 1. The Balaban J connectivity index is 1.44. The van der Waals surface area contributed by atoms with Gasteiger partial charge in [0.1, 0.15) is 0 Å². The molecule has 1 saturated heterocycles. The van der Waals surface area contributed by atoms with Gasteiger partial charge in [0.15, 0.2) is 0 Å². The number of aromatic amines is 1. The van der Waals surface area contributed by atoms with Crippen molar-refractivity contribution in [2.75, 3.05) is 13.1 Å². The molecule has 0 saturated carbocycles. The lowest BCUT2D eigenvalue weighted by Crippen LogP contribution is -2.40. The summed E-state index contributed by atoms with van der Waals surface area (Å²) >= 11 is 0. The molecule has 3 aromatic rings. The van der Waals surface area contributed by atoms with Gasteiger partial charge in [-0.05, 0) is 24.5 Å². The smallest absolute Gasteiger partial charge is 0.250 e. The molecule has 1 amide bonds. The van der Waals surface area contributed by atoms with E-state index in [0.717, 1.165) is 36.2 Å². The highest BCUT2D eigenvalue weighted by molar-refractivity contribution is 5.76. The number of benzene rings is 1. The van der Waals surface area contributed by atoms with E-state index >= 15 is 0 Å². The molecule has 6 heteroatoms. The lowest BCUT2D eigenvalue weighted by Gasteiger charge is -2.33. The number of amides is 1. The van der Waals surface area contributed by atoms with Crippen LogP contribution in [0.25, 0.3) is 11.1 Å². The van der Waals surface area contributed by atoms with Crippen LogP contribution in [0.3, 0.4) is 0 Å². The van der Waals surface area contributed by atoms with Crippen LogP contribution in [0.4, 0.5) is 0 Å². The van der Waals surface area contributed by atoms with Crippen molar-refractivity contribution in [3.05, 3.63) is 77.0 Å². The number of carbonyl (C=O) groups is 1. The average Bonchev–Trinajstić information content (AvgIpc) is 3.24. The van der Waals surface area contributed by atoms with E-state index in [1.165, 1.54) is 6.07 Å². The number of pyridine rings is 1. The van der Waals surface area contributed by atoms with Crippen LogP contribution in [0.1, 0.15) is 30.9 Å². The van der Waals surface area contributed by atoms with E-state index in [9.17, 15) is 9.59 Å². The highest BCUT2D eigenvalue weighted by Crippen LogP contribution is 2.33. The van der Waals surface area contributed by atoms with Gasteiger partial charge >= 0.3 is 0 Å². The molecule has 6 nitrogen and oxygen atoms in total. The third-order valence-corrected chi connectivity index (χ3v) is 5.40. The van der Waals surface area contributed by atoms with Crippen molar-refractivity contribution in [2.24, 2.45) is 0 Å². The fourth-order valence-electron chi connectivity index (χ4n) is 3.91. The van der Waals surface area contributed by atoms with Gasteiger partial charge in [0.25, 0.3) is 5.56 Å². The zero-order valence-corrected chi connectivity index (χ0v) is 15.8. The zero-order chi connectivity index (χ0) is 19.3. The molecule has 4 rings (SSSR count). The Kier molecular flexibility index (Phi) is 5.37. The van der Waals surface area contributed by atoms with Crippen molar-refractivity contribution in [3.8, 4) is 11.1 Å². The monoisotopic (exact) mass is 376 g/mol. The highest BCUT2D eigenvalue weighted by atomic mass is 16.2. The Morgan fingerprint density at radius 3 is 2.79 bits per heavy atom. The number of aromatic nitrogens is 3. The van der Waals surface area contributed by atoms with Gasteiger partial charge in [-0.25, -0.2) is 0 Å². The normalized spacial score (nSPS) is 16.9. The van der Waals surface area contributed by atoms with Crippen LogP contribution in [-0.2, 0) is 11.3 Å². The summed E-state index contributed by atoms with van der Waals surface area (Å²) in [6, 6.07) is 15.3.